The van der Waals surface area contributed by atoms with E-state index in [-0.39, 0.29) is 41.3 Å². The average molecular weight is 690 g/mol. The monoisotopic (exact) mass is 689 g/mol. The maximum Gasteiger partial charge on any atom is 0.328 e. The number of hydrogen-bond acceptors (Lipinski definition) is 9. The summed E-state index contributed by atoms with van der Waals surface area (Å²) >= 11 is 1.07. The van der Waals surface area contributed by atoms with Gasteiger partial charge in [-0.05, 0) is 52.7 Å². The number of morpholine rings is 1. The van der Waals surface area contributed by atoms with Crippen LogP contribution in [0.5, 0.6) is 0 Å². The number of aldehydes is 1. The minimum atomic E-state index is -1.99. The fourth-order valence-corrected chi connectivity index (χ4v) is 6.72. The third-order valence-electron chi connectivity index (χ3n) is 7.99. The maximum absolute atomic E-state index is 15.9. The summed E-state index contributed by atoms with van der Waals surface area (Å²) in [7, 11) is 1.47. The third kappa shape index (κ3) is 8.07. The second kappa shape index (κ2) is 17.5. The molecule has 0 radical (unpaired) electrons. The first-order valence-corrected chi connectivity index (χ1v) is 16.9. The van der Waals surface area contributed by atoms with E-state index in [4.69, 9.17) is 4.74 Å². The van der Waals surface area contributed by atoms with E-state index in [0.29, 0.717) is 16.2 Å². The lowest BCUT2D eigenvalue weighted by molar-refractivity contribution is -0.153. The Kier molecular flexibility index (Phi) is 14.8. The number of aryl methyl sites for hydroxylation is 1. The number of likely N-dealkylation sites (N-methyl/N-ethyl adjacent to an activating group) is 1. The summed E-state index contributed by atoms with van der Waals surface area (Å²) in [6, 6.07) is -0.550. The zero-order valence-corrected chi connectivity index (χ0v) is 30.5. The summed E-state index contributed by atoms with van der Waals surface area (Å²) in [5, 5.41) is 18.9. The van der Waals surface area contributed by atoms with Gasteiger partial charge in [-0.15, -0.1) is 10.2 Å². The number of benzene rings is 1. The van der Waals surface area contributed by atoms with Gasteiger partial charge >= 0.3 is 6.03 Å². The standard InChI is InChI=1S/C31H37F2N5O5S.2C2H6/c1-8-17(2)9-10-18(3)13-36(7)30(42)38(16-40)29(41)31(15-39)12-22-11-23(28-35-34-21(6)44-28)24(32)25(33)26(22)37-14-19(4)43-20(5)27(31)37;2*1-2/h8-11,15,19-20,27,40H,1,12-14,16H2,2-7H3;2*1-2H3/b17-9-,18-10+;;/t19?,20?,27-,31?;;/m0../s1. The van der Waals surface area contributed by atoms with Crippen LogP contribution in [0.3, 0.4) is 0 Å². The molecule has 3 heterocycles. The largest absolute Gasteiger partial charge is 0.376 e. The molecule has 1 fully saturated rings. The average Bonchev–Trinajstić information content (AvgIpc) is 3.51. The van der Waals surface area contributed by atoms with Gasteiger partial charge in [0.05, 0.1) is 29.5 Å². The highest BCUT2D eigenvalue weighted by Crippen LogP contribution is 2.48. The summed E-state index contributed by atoms with van der Waals surface area (Å²) < 4.78 is 37.5. The van der Waals surface area contributed by atoms with Crippen molar-refractivity contribution in [2.24, 2.45) is 5.41 Å². The smallest absolute Gasteiger partial charge is 0.328 e. The molecule has 0 spiro atoms. The van der Waals surface area contributed by atoms with Crippen LogP contribution in [0.15, 0.2) is 42.0 Å². The number of imide groups is 1. The van der Waals surface area contributed by atoms with E-state index in [1.165, 1.54) is 22.9 Å². The quantitative estimate of drug-likeness (QED) is 0.145. The van der Waals surface area contributed by atoms with Crippen LogP contribution in [0.2, 0.25) is 0 Å². The molecule has 264 valence electrons. The third-order valence-corrected chi connectivity index (χ3v) is 8.86. The number of aromatic nitrogens is 2. The number of nitrogens with zero attached hydrogens (tertiary/aromatic N) is 5. The molecular formula is C35H49F2N5O5S. The summed E-state index contributed by atoms with van der Waals surface area (Å²) in [5.41, 5.74) is -0.322. The van der Waals surface area contributed by atoms with Crippen molar-refractivity contribution in [1.82, 2.24) is 20.0 Å². The molecule has 10 nitrogen and oxygen atoms in total. The molecule has 4 rings (SSSR count). The van der Waals surface area contributed by atoms with Crippen molar-refractivity contribution in [3.05, 3.63) is 64.2 Å². The minimum absolute atomic E-state index is 0.0487. The lowest BCUT2D eigenvalue weighted by Crippen LogP contribution is -2.69. The fraction of sp³-hybridized carbons (Fsp3) is 0.514. The number of ether oxygens (including phenoxy) is 1. The maximum atomic E-state index is 15.9. The molecule has 3 amide bonds. The second-order valence-electron chi connectivity index (χ2n) is 11.4. The molecule has 0 saturated carbocycles. The van der Waals surface area contributed by atoms with Crippen molar-refractivity contribution in [3.8, 4) is 10.6 Å². The Hall–Kier alpha value is -3.81. The van der Waals surface area contributed by atoms with Gasteiger partial charge in [-0.25, -0.2) is 18.5 Å². The number of urea groups is 1. The molecule has 2 aliphatic rings. The molecule has 1 aromatic heterocycles. The molecule has 1 saturated heterocycles. The Labute approximate surface area is 286 Å². The normalized spacial score (nSPS) is 21.8. The van der Waals surface area contributed by atoms with Crippen LogP contribution in [-0.4, -0.2) is 88.4 Å². The highest BCUT2D eigenvalue weighted by Gasteiger charge is 2.59. The Morgan fingerprint density at radius 1 is 1.17 bits per heavy atom. The summed E-state index contributed by atoms with van der Waals surface area (Å²) in [6.45, 7) is 19.6. The van der Waals surface area contributed by atoms with E-state index < -0.39 is 54.0 Å². The number of hydrogen-bond donors (Lipinski definition) is 1. The summed E-state index contributed by atoms with van der Waals surface area (Å²) in [4.78, 5) is 44.4. The number of carbonyl (C=O) groups excluding carboxylic acids is 3. The van der Waals surface area contributed by atoms with Crippen molar-refractivity contribution in [3.63, 3.8) is 0 Å². The number of aliphatic hydroxyl groups excluding tert-OH is 1. The van der Waals surface area contributed by atoms with Crippen LogP contribution < -0.4 is 4.90 Å². The molecule has 4 atom stereocenters. The van der Waals surface area contributed by atoms with E-state index in [1.54, 1.807) is 33.8 Å². The van der Waals surface area contributed by atoms with Gasteiger partial charge in [-0.3, -0.25) is 4.79 Å². The zero-order valence-electron chi connectivity index (χ0n) is 29.6. The van der Waals surface area contributed by atoms with E-state index >= 15 is 8.78 Å². The van der Waals surface area contributed by atoms with E-state index in [9.17, 15) is 19.5 Å². The van der Waals surface area contributed by atoms with Gasteiger partial charge in [0.25, 0.3) is 0 Å². The van der Waals surface area contributed by atoms with Crippen molar-refractivity contribution >= 4 is 35.2 Å². The van der Waals surface area contributed by atoms with Crippen molar-refractivity contribution in [2.75, 3.05) is 31.8 Å². The molecule has 2 aromatic rings. The van der Waals surface area contributed by atoms with Crippen LogP contribution in [0.4, 0.5) is 19.3 Å². The number of allylic oxidation sites excluding steroid dienone is 4. The zero-order chi connectivity index (χ0) is 36.5. The Morgan fingerprint density at radius 3 is 2.35 bits per heavy atom. The van der Waals surface area contributed by atoms with Gasteiger partial charge in [-0.2, -0.15) is 0 Å². The number of aliphatic hydroxyl groups is 1. The fourth-order valence-electron chi connectivity index (χ4n) is 6.02. The van der Waals surface area contributed by atoms with Gasteiger partial charge in [0.1, 0.15) is 23.4 Å². The second-order valence-corrected chi connectivity index (χ2v) is 12.6. The van der Waals surface area contributed by atoms with Gasteiger partial charge in [0, 0.05) is 20.1 Å². The van der Waals surface area contributed by atoms with Crippen LogP contribution in [0.1, 0.15) is 66.0 Å². The van der Waals surface area contributed by atoms with Gasteiger partial charge in [-0.1, -0.05) is 75.0 Å². The highest BCUT2D eigenvalue weighted by atomic mass is 32.1. The molecule has 3 unspecified atom stereocenters. The van der Waals surface area contributed by atoms with E-state index in [2.05, 4.69) is 16.8 Å². The number of anilines is 1. The topological polar surface area (TPSA) is 116 Å². The molecular weight excluding hydrogens is 640 g/mol. The first kappa shape index (κ1) is 40.4. The van der Waals surface area contributed by atoms with Crippen molar-refractivity contribution in [1.29, 1.82) is 0 Å². The molecule has 0 bridgehead atoms. The molecule has 48 heavy (non-hydrogen) atoms. The lowest BCUT2D eigenvalue weighted by atomic mass is 9.68. The molecule has 1 aromatic carbocycles. The minimum Gasteiger partial charge on any atom is -0.376 e. The van der Waals surface area contributed by atoms with Crippen LogP contribution >= 0.6 is 11.3 Å². The van der Waals surface area contributed by atoms with Crippen molar-refractivity contribution < 1.29 is 33.0 Å². The van der Waals surface area contributed by atoms with E-state index in [0.717, 1.165) is 22.5 Å². The predicted octanol–water partition coefficient (Wildman–Crippen LogP) is 6.48. The predicted molar refractivity (Wildman–Crippen MR) is 186 cm³/mol. The first-order valence-electron chi connectivity index (χ1n) is 16.1. The highest BCUT2D eigenvalue weighted by molar-refractivity contribution is 7.14. The summed E-state index contributed by atoms with van der Waals surface area (Å²) in [5.74, 6) is -3.23. The first-order chi connectivity index (χ1) is 22.8. The van der Waals surface area contributed by atoms with Crippen LogP contribution in [0, 0.1) is 24.0 Å². The van der Waals surface area contributed by atoms with Crippen LogP contribution in [0.25, 0.3) is 10.6 Å². The van der Waals surface area contributed by atoms with Crippen LogP contribution in [-0.2, 0) is 20.7 Å². The van der Waals surface area contributed by atoms with E-state index in [1.807, 2.05) is 46.8 Å². The Morgan fingerprint density at radius 2 is 1.81 bits per heavy atom. The number of carbonyl (C=O) groups is 3. The Balaban J connectivity index is 0.00000193. The molecule has 2 aliphatic heterocycles. The molecule has 1 N–H and O–H groups in total. The number of rotatable bonds is 8. The SMILES string of the molecule is C=C/C(C)=C\C=C(/C)CN(C)C(=O)N(CO)C(=O)C1(C=O)Cc2cc(-c3nnc(C)s3)c(F)c(F)c2N2CC(C)OC(C)[C@H]21.CC.CC. The van der Waals surface area contributed by atoms with Crippen molar-refractivity contribution in [2.45, 2.75) is 87.0 Å². The van der Waals surface area contributed by atoms with Gasteiger partial charge < -0.3 is 24.4 Å². The molecule has 0 aliphatic carbocycles. The summed E-state index contributed by atoms with van der Waals surface area (Å²) in [6.07, 6.45) is 4.14. The number of fused-ring (bicyclic) bond motifs is 3. The number of halogens is 2. The van der Waals surface area contributed by atoms with Gasteiger partial charge in [0.15, 0.2) is 16.6 Å². The van der Waals surface area contributed by atoms with Gasteiger partial charge in [0.2, 0.25) is 5.91 Å². The number of amides is 3. The Bertz CT molecular complexity index is 1540. The lowest BCUT2D eigenvalue weighted by Gasteiger charge is -2.54. The molecule has 13 heteroatoms.